The molecular weight excluding hydrogens is 240 g/mol. The van der Waals surface area contributed by atoms with Gasteiger partial charge in [0, 0.05) is 11.3 Å². The maximum absolute atomic E-state index is 12.0. The number of nitriles is 1. The summed E-state index contributed by atoms with van der Waals surface area (Å²) in [4.78, 5) is 12.0. The van der Waals surface area contributed by atoms with E-state index in [0.29, 0.717) is 11.3 Å². The molecule has 1 amide bonds. The van der Waals surface area contributed by atoms with Gasteiger partial charge in [-0.3, -0.25) is 9.89 Å². The first-order chi connectivity index (χ1) is 9.11. The van der Waals surface area contributed by atoms with Gasteiger partial charge < -0.3 is 5.32 Å². The number of rotatable bonds is 3. The molecule has 0 aliphatic carbocycles. The number of hydrogen-bond donors (Lipinski definition) is 2. The van der Waals surface area contributed by atoms with E-state index in [0.717, 1.165) is 17.0 Å². The molecule has 96 valence electrons. The highest BCUT2D eigenvalue weighted by Crippen LogP contribution is 2.15. The Morgan fingerprint density at radius 3 is 2.79 bits per heavy atom. The van der Waals surface area contributed by atoms with Crippen LogP contribution in [-0.4, -0.2) is 16.1 Å². The summed E-state index contributed by atoms with van der Waals surface area (Å²) in [6.07, 6.45) is 0.244. The van der Waals surface area contributed by atoms with E-state index in [4.69, 9.17) is 5.26 Å². The molecule has 0 fully saturated rings. The Hall–Kier alpha value is -2.61. The van der Waals surface area contributed by atoms with Crippen LogP contribution in [-0.2, 0) is 11.2 Å². The largest absolute Gasteiger partial charge is 0.325 e. The van der Waals surface area contributed by atoms with E-state index in [1.165, 1.54) is 0 Å². The van der Waals surface area contributed by atoms with Crippen LogP contribution in [0.4, 0.5) is 5.69 Å². The number of nitrogens with zero attached hydrogens (tertiary/aromatic N) is 2. The van der Waals surface area contributed by atoms with Crippen molar-refractivity contribution in [3.05, 3.63) is 46.8 Å². The predicted molar refractivity (Wildman–Crippen MR) is 71.6 cm³/mol. The van der Waals surface area contributed by atoms with Crippen molar-refractivity contribution in [3.63, 3.8) is 0 Å². The van der Waals surface area contributed by atoms with Gasteiger partial charge in [0.1, 0.15) is 6.07 Å². The van der Waals surface area contributed by atoms with Gasteiger partial charge in [-0.15, -0.1) is 0 Å². The Morgan fingerprint density at radius 2 is 2.16 bits per heavy atom. The summed E-state index contributed by atoms with van der Waals surface area (Å²) in [5, 5.41) is 18.6. The molecule has 19 heavy (non-hydrogen) atoms. The minimum Gasteiger partial charge on any atom is -0.325 e. The molecule has 0 aliphatic rings. The highest BCUT2D eigenvalue weighted by atomic mass is 16.1. The van der Waals surface area contributed by atoms with Crippen LogP contribution < -0.4 is 5.32 Å². The lowest BCUT2D eigenvalue weighted by Crippen LogP contribution is -2.16. The maximum atomic E-state index is 12.0. The summed E-state index contributed by atoms with van der Waals surface area (Å²) in [6.45, 7) is 3.74. The van der Waals surface area contributed by atoms with Crippen LogP contribution in [0.3, 0.4) is 0 Å². The zero-order chi connectivity index (χ0) is 13.8. The predicted octanol–water partition coefficient (Wildman–Crippen LogP) is 2.08. The van der Waals surface area contributed by atoms with Gasteiger partial charge in [0.2, 0.25) is 5.91 Å². The van der Waals surface area contributed by atoms with Gasteiger partial charge in [0.25, 0.3) is 0 Å². The molecule has 0 spiro atoms. The molecule has 0 saturated heterocycles. The molecular formula is C14H14N4O. The quantitative estimate of drug-likeness (QED) is 0.879. The smallest absolute Gasteiger partial charge is 0.228 e. The molecule has 0 unspecified atom stereocenters. The summed E-state index contributed by atoms with van der Waals surface area (Å²) >= 11 is 0. The molecule has 0 radical (unpaired) electrons. The highest BCUT2D eigenvalue weighted by molar-refractivity contribution is 5.93. The minimum atomic E-state index is -0.157. The van der Waals surface area contributed by atoms with Gasteiger partial charge in [0.15, 0.2) is 0 Å². The normalized spacial score (nSPS) is 9.95. The van der Waals surface area contributed by atoms with Crippen molar-refractivity contribution in [1.82, 2.24) is 10.2 Å². The van der Waals surface area contributed by atoms with Gasteiger partial charge in [-0.1, -0.05) is 12.1 Å². The third-order valence-electron chi connectivity index (χ3n) is 2.94. The third kappa shape index (κ3) is 2.80. The fraction of sp³-hybridized carbons (Fsp3) is 0.214. The fourth-order valence-corrected chi connectivity index (χ4v) is 1.88. The zero-order valence-electron chi connectivity index (χ0n) is 10.8. The number of aromatic nitrogens is 2. The van der Waals surface area contributed by atoms with Gasteiger partial charge in [-0.2, -0.15) is 10.4 Å². The van der Waals surface area contributed by atoms with Crippen molar-refractivity contribution in [2.24, 2.45) is 0 Å². The molecule has 2 N–H and O–H groups in total. The molecule has 0 bridgehead atoms. The first-order valence-electron chi connectivity index (χ1n) is 5.91. The van der Waals surface area contributed by atoms with Crippen molar-refractivity contribution in [3.8, 4) is 6.07 Å². The molecule has 0 atom stereocenters. The monoisotopic (exact) mass is 254 g/mol. The van der Waals surface area contributed by atoms with Crippen molar-refractivity contribution in [2.75, 3.05) is 5.32 Å². The van der Waals surface area contributed by atoms with Crippen LogP contribution >= 0.6 is 0 Å². The molecule has 1 aromatic heterocycles. The second kappa shape index (κ2) is 5.36. The topological polar surface area (TPSA) is 81.6 Å². The molecule has 5 heteroatoms. The number of carbonyl (C=O) groups excluding carboxylic acids is 1. The number of anilines is 1. The van der Waals surface area contributed by atoms with E-state index in [9.17, 15) is 4.79 Å². The summed E-state index contributed by atoms with van der Waals surface area (Å²) in [6, 6.07) is 8.98. The average Bonchev–Trinajstić information content (AvgIpc) is 2.71. The second-order valence-corrected chi connectivity index (χ2v) is 4.29. The van der Waals surface area contributed by atoms with Crippen molar-refractivity contribution in [1.29, 1.82) is 5.26 Å². The Morgan fingerprint density at radius 1 is 1.42 bits per heavy atom. The molecule has 1 aromatic carbocycles. The zero-order valence-corrected chi connectivity index (χ0v) is 10.8. The van der Waals surface area contributed by atoms with E-state index < -0.39 is 0 Å². The number of hydrogen-bond acceptors (Lipinski definition) is 3. The van der Waals surface area contributed by atoms with Gasteiger partial charge in [0.05, 0.1) is 23.4 Å². The van der Waals surface area contributed by atoms with Crippen molar-refractivity contribution >= 4 is 11.6 Å². The standard InChI is InChI=1S/C14H14N4O/c1-9-12(10(2)18-17-9)7-14(19)16-13-6-4-3-5-11(13)8-15/h3-6H,7H2,1-2H3,(H,16,19)(H,17,18). The van der Waals surface area contributed by atoms with Crippen LogP contribution in [0.15, 0.2) is 24.3 Å². The van der Waals surface area contributed by atoms with E-state index in [2.05, 4.69) is 15.5 Å². The number of amides is 1. The number of aromatic amines is 1. The minimum absolute atomic E-state index is 0.157. The average molecular weight is 254 g/mol. The number of benzene rings is 1. The van der Waals surface area contributed by atoms with Crippen LogP contribution in [0.2, 0.25) is 0 Å². The first kappa shape index (κ1) is 12.8. The number of H-pyrrole nitrogens is 1. The molecule has 0 saturated carbocycles. The molecule has 2 rings (SSSR count). The van der Waals surface area contributed by atoms with Crippen molar-refractivity contribution in [2.45, 2.75) is 20.3 Å². The van der Waals surface area contributed by atoms with Crippen molar-refractivity contribution < 1.29 is 4.79 Å². The maximum Gasteiger partial charge on any atom is 0.228 e. The molecule has 2 aromatic rings. The SMILES string of the molecule is Cc1n[nH]c(C)c1CC(=O)Nc1ccccc1C#N. The number of carbonyl (C=O) groups is 1. The lowest BCUT2D eigenvalue weighted by atomic mass is 10.1. The summed E-state index contributed by atoms with van der Waals surface area (Å²) in [5.41, 5.74) is 3.60. The summed E-state index contributed by atoms with van der Waals surface area (Å²) < 4.78 is 0. The molecule has 1 heterocycles. The molecule has 0 aliphatic heterocycles. The van der Waals surface area contributed by atoms with E-state index in [-0.39, 0.29) is 12.3 Å². The second-order valence-electron chi connectivity index (χ2n) is 4.29. The Balaban J connectivity index is 2.13. The summed E-state index contributed by atoms with van der Waals surface area (Å²) in [5.74, 6) is -0.157. The van der Waals surface area contributed by atoms with Gasteiger partial charge in [-0.25, -0.2) is 0 Å². The number of nitrogens with one attached hydrogen (secondary N) is 2. The molecule has 5 nitrogen and oxygen atoms in total. The number of para-hydroxylation sites is 1. The number of aryl methyl sites for hydroxylation is 2. The highest BCUT2D eigenvalue weighted by Gasteiger charge is 2.12. The van der Waals surface area contributed by atoms with Crippen LogP contribution in [0.5, 0.6) is 0 Å². The Kier molecular flexibility index (Phi) is 3.62. The first-order valence-corrected chi connectivity index (χ1v) is 5.91. The summed E-state index contributed by atoms with van der Waals surface area (Å²) in [7, 11) is 0. The van der Waals surface area contributed by atoms with Crippen LogP contribution in [0, 0.1) is 25.2 Å². The van der Waals surface area contributed by atoms with E-state index in [1.807, 2.05) is 19.9 Å². The van der Waals surface area contributed by atoms with E-state index in [1.54, 1.807) is 24.3 Å². The van der Waals surface area contributed by atoms with Gasteiger partial charge in [-0.05, 0) is 26.0 Å². The van der Waals surface area contributed by atoms with Crippen LogP contribution in [0.1, 0.15) is 22.5 Å². The van der Waals surface area contributed by atoms with Crippen LogP contribution in [0.25, 0.3) is 0 Å². The lowest BCUT2D eigenvalue weighted by molar-refractivity contribution is -0.115. The Labute approximate surface area is 111 Å². The third-order valence-corrected chi connectivity index (χ3v) is 2.94. The Bertz CT molecular complexity index is 632. The van der Waals surface area contributed by atoms with Gasteiger partial charge >= 0.3 is 0 Å². The lowest BCUT2D eigenvalue weighted by Gasteiger charge is -2.06. The fourth-order valence-electron chi connectivity index (χ4n) is 1.88. The van der Waals surface area contributed by atoms with E-state index >= 15 is 0 Å².